The number of nitrogens with zero attached hydrogens (tertiary/aromatic N) is 1. The molecule has 1 N–H and O–H groups in total. The lowest BCUT2D eigenvalue weighted by atomic mass is 10.2. The standard InChI is InChI=1S/C14H16FNO4S/c1-10(7-17)8-21(18,19)9-14-16-6-13(20-14)11-3-2-4-12(15)5-11/h2-6,10,17H,7-9H2,1H3. The van der Waals surface area contributed by atoms with Gasteiger partial charge in [-0.2, -0.15) is 0 Å². The molecule has 0 bridgehead atoms. The van der Waals surface area contributed by atoms with Gasteiger partial charge in [-0.15, -0.1) is 0 Å². The molecular weight excluding hydrogens is 297 g/mol. The van der Waals surface area contributed by atoms with Crippen LogP contribution in [-0.2, 0) is 15.6 Å². The number of sulfone groups is 1. The van der Waals surface area contributed by atoms with E-state index in [0.29, 0.717) is 11.3 Å². The monoisotopic (exact) mass is 313 g/mol. The summed E-state index contributed by atoms with van der Waals surface area (Å²) >= 11 is 0. The second kappa shape index (κ2) is 6.36. The molecule has 0 amide bonds. The van der Waals surface area contributed by atoms with E-state index < -0.39 is 15.7 Å². The average Bonchev–Trinajstić information content (AvgIpc) is 2.85. The largest absolute Gasteiger partial charge is 0.440 e. The minimum Gasteiger partial charge on any atom is -0.440 e. The lowest BCUT2D eigenvalue weighted by Gasteiger charge is -2.07. The molecule has 21 heavy (non-hydrogen) atoms. The van der Waals surface area contributed by atoms with Crippen LogP contribution in [0.15, 0.2) is 34.9 Å². The highest BCUT2D eigenvalue weighted by atomic mass is 32.2. The second-order valence-corrected chi connectivity index (χ2v) is 7.08. The third-order valence-corrected chi connectivity index (χ3v) is 4.62. The zero-order valence-corrected chi connectivity index (χ0v) is 12.3. The lowest BCUT2D eigenvalue weighted by Crippen LogP contribution is -2.18. The smallest absolute Gasteiger partial charge is 0.210 e. The first-order valence-corrected chi connectivity index (χ1v) is 8.23. The van der Waals surface area contributed by atoms with Crippen molar-refractivity contribution in [3.63, 3.8) is 0 Å². The molecule has 5 nitrogen and oxygen atoms in total. The Labute approximate surface area is 122 Å². The molecule has 0 aliphatic carbocycles. The number of hydrogen-bond acceptors (Lipinski definition) is 5. The van der Waals surface area contributed by atoms with Crippen LogP contribution < -0.4 is 0 Å². The molecule has 1 atom stereocenters. The van der Waals surface area contributed by atoms with Crippen LogP contribution in [0.4, 0.5) is 4.39 Å². The average molecular weight is 313 g/mol. The molecule has 0 saturated heterocycles. The SMILES string of the molecule is CC(CO)CS(=O)(=O)Cc1ncc(-c2cccc(F)c2)o1. The van der Waals surface area contributed by atoms with Crippen LogP contribution >= 0.6 is 0 Å². The molecule has 0 radical (unpaired) electrons. The number of halogens is 1. The van der Waals surface area contributed by atoms with Crippen molar-refractivity contribution in [2.24, 2.45) is 5.92 Å². The summed E-state index contributed by atoms with van der Waals surface area (Å²) in [6.07, 6.45) is 1.37. The molecule has 1 aromatic heterocycles. The zero-order valence-electron chi connectivity index (χ0n) is 11.5. The van der Waals surface area contributed by atoms with Crippen molar-refractivity contribution in [1.82, 2.24) is 4.98 Å². The third kappa shape index (κ3) is 4.37. The van der Waals surface area contributed by atoms with E-state index in [9.17, 15) is 12.8 Å². The van der Waals surface area contributed by atoms with Gasteiger partial charge in [0.05, 0.1) is 11.9 Å². The normalized spacial score (nSPS) is 13.3. The molecule has 0 aliphatic heterocycles. The Kier molecular flexibility index (Phi) is 4.74. The van der Waals surface area contributed by atoms with E-state index in [-0.39, 0.29) is 29.9 Å². The van der Waals surface area contributed by atoms with Gasteiger partial charge in [0.15, 0.2) is 15.6 Å². The number of hydrogen-bond donors (Lipinski definition) is 1. The lowest BCUT2D eigenvalue weighted by molar-refractivity contribution is 0.249. The summed E-state index contributed by atoms with van der Waals surface area (Å²) in [6, 6.07) is 5.77. The minimum atomic E-state index is -3.41. The number of benzene rings is 1. The molecule has 0 saturated carbocycles. The molecule has 1 aromatic carbocycles. The number of rotatable bonds is 6. The van der Waals surface area contributed by atoms with Crippen molar-refractivity contribution >= 4 is 9.84 Å². The van der Waals surface area contributed by atoms with E-state index in [2.05, 4.69) is 4.98 Å². The Morgan fingerprint density at radius 2 is 2.19 bits per heavy atom. The highest BCUT2D eigenvalue weighted by Crippen LogP contribution is 2.22. The van der Waals surface area contributed by atoms with Crippen LogP contribution in [0.5, 0.6) is 0 Å². The first-order valence-electron chi connectivity index (χ1n) is 6.41. The predicted molar refractivity (Wildman–Crippen MR) is 75.6 cm³/mol. The van der Waals surface area contributed by atoms with E-state index in [0.717, 1.165) is 0 Å². The fourth-order valence-corrected chi connectivity index (χ4v) is 3.49. The molecular formula is C14H16FNO4S. The molecule has 0 aliphatic rings. The Morgan fingerprint density at radius 3 is 2.86 bits per heavy atom. The summed E-state index contributed by atoms with van der Waals surface area (Å²) in [4.78, 5) is 3.91. The zero-order chi connectivity index (χ0) is 15.5. The van der Waals surface area contributed by atoms with Gasteiger partial charge in [-0.05, 0) is 18.1 Å². The first-order chi connectivity index (χ1) is 9.89. The highest BCUT2D eigenvalue weighted by molar-refractivity contribution is 7.90. The number of aromatic nitrogens is 1. The van der Waals surface area contributed by atoms with Crippen molar-refractivity contribution in [3.8, 4) is 11.3 Å². The van der Waals surface area contributed by atoms with Crippen LogP contribution in [0.1, 0.15) is 12.8 Å². The Hall–Kier alpha value is -1.73. The second-order valence-electron chi connectivity index (χ2n) is 4.97. The molecule has 7 heteroatoms. The molecule has 2 aromatic rings. The van der Waals surface area contributed by atoms with Gasteiger partial charge in [-0.25, -0.2) is 17.8 Å². The predicted octanol–water partition coefficient (Wildman–Crippen LogP) is 2.02. The van der Waals surface area contributed by atoms with Gasteiger partial charge in [-0.3, -0.25) is 0 Å². The van der Waals surface area contributed by atoms with Crippen LogP contribution in [-0.4, -0.2) is 30.9 Å². The number of aliphatic hydroxyl groups is 1. The van der Waals surface area contributed by atoms with Crippen molar-refractivity contribution in [1.29, 1.82) is 0 Å². The van der Waals surface area contributed by atoms with Crippen molar-refractivity contribution < 1.29 is 22.3 Å². The van der Waals surface area contributed by atoms with Gasteiger partial charge >= 0.3 is 0 Å². The van der Waals surface area contributed by atoms with E-state index in [1.807, 2.05) is 0 Å². The summed E-state index contributed by atoms with van der Waals surface area (Å²) in [5.41, 5.74) is 0.495. The summed E-state index contributed by atoms with van der Waals surface area (Å²) < 4.78 is 42.3. The fraction of sp³-hybridized carbons (Fsp3) is 0.357. The van der Waals surface area contributed by atoms with E-state index in [1.54, 1.807) is 13.0 Å². The van der Waals surface area contributed by atoms with Gasteiger partial charge in [0.2, 0.25) is 5.89 Å². The summed E-state index contributed by atoms with van der Waals surface area (Å²) in [6.45, 7) is 1.45. The first kappa shape index (κ1) is 15.7. The maximum absolute atomic E-state index is 13.1. The molecule has 114 valence electrons. The Morgan fingerprint density at radius 1 is 1.43 bits per heavy atom. The van der Waals surface area contributed by atoms with Gasteiger partial charge in [0.1, 0.15) is 11.6 Å². The molecule has 1 unspecified atom stereocenters. The van der Waals surface area contributed by atoms with Crippen LogP contribution in [0.3, 0.4) is 0 Å². The molecule has 1 heterocycles. The topological polar surface area (TPSA) is 80.4 Å². The number of oxazole rings is 1. The molecule has 2 rings (SSSR count). The van der Waals surface area contributed by atoms with Crippen molar-refractivity contribution in [2.45, 2.75) is 12.7 Å². The highest BCUT2D eigenvalue weighted by Gasteiger charge is 2.19. The molecule has 0 spiro atoms. The Bertz CT molecular complexity index is 711. The molecule has 0 fully saturated rings. The fourth-order valence-electron chi connectivity index (χ4n) is 1.89. The third-order valence-electron chi connectivity index (χ3n) is 2.86. The maximum atomic E-state index is 13.1. The van der Waals surface area contributed by atoms with Crippen LogP contribution in [0, 0.1) is 11.7 Å². The van der Waals surface area contributed by atoms with Gasteiger partial charge in [-0.1, -0.05) is 19.1 Å². The minimum absolute atomic E-state index is 0.0550. The maximum Gasteiger partial charge on any atom is 0.210 e. The quantitative estimate of drug-likeness (QED) is 0.882. The van der Waals surface area contributed by atoms with Gasteiger partial charge < -0.3 is 9.52 Å². The summed E-state index contributed by atoms with van der Waals surface area (Å²) in [5.74, 6) is -0.856. The summed E-state index contributed by atoms with van der Waals surface area (Å²) in [5, 5.41) is 8.90. The van der Waals surface area contributed by atoms with Crippen molar-refractivity contribution in [2.75, 3.05) is 12.4 Å². The van der Waals surface area contributed by atoms with Gasteiger partial charge in [0.25, 0.3) is 0 Å². The Balaban J connectivity index is 2.14. The van der Waals surface area contributed by atoms with Crippen molar-refractivity contribution in [3.05, 3.63) is 42.2 Å². The van der Waals surface area contributed by atoms with Crippen LogP contribution in [0.25, 0.3) is 11.3 Å². The van der Waals surface area contributed by atoms with Gasteiger partial charge in [0, 0.05) is 12.2 Å². The van der Waals surface area contributed by atoms with E-state index >= 15 is 0 Å². The summed E-state index contributed by atoms with van der Waals surface area (Å²) in [7, 11) is -3.41. The van der Waals surface area contributed by atoms with Crippen LogP contribution in [0.2, 0.25) is 0 Å². The van der Waals surface area contributed by atoms with E-state index in [4.69, 9.17) is 9.52 Å². The van der Waals surface area contributed by atoms with E-state index in [1.165, 1.54) is 24.4 Å². The number of aliphatic hydroxyl groups excluding tert-OH is 1.